The number of pyridine rings is 1. The fourth-order valence-electron chi connectivity index (χ4n) is 2.55. The van der Waals surface area contributed by atoms with Crippen molar-refractivity contribution in [3.8, 4) is 11.3 Å². The Morgan fingerprint density at radius 1 is 0.783 bits per heavy atom. The van der Waals surface area contributed by atoms with Crippen molar-refractivity contribution in [1.29, 1.82) is 0 Å². The summed E-state index contributed by atoms with van der Waals surface area (Å²) in [5, 5.41) is -0.295. The molecule has 0 aliphatic rings. The molecule has 0 atom stereocenters. The van der Waals surface area contributed by atoms with E-state index in [0.29, 0.717) is 0 Å². The predicted octanol–water partition coefficient (Wildman–Crippen LogP) is 5.80. The van der Waals surface area contributed by atoms with E-state index in [2.05, 4.69) is 4.98 Å². The second kappa shape index (κ2) is 4.68. The molecule has 23 heavy (non-hydrogen) atoms. The van der Waals surface area contributed by atoms with Gasteiger partial charge in [-0.05, 0) is 12.1 Å². The first-order valence-corrected chi connectivity index (χ1v) is 6.68. The Balaban J connectivity index is 2.17. The van der Waals surface area contributed by atoms with E-state index >= 15 is 0 Å². The minimum atomic E-state index is -0.579. The standard InChI is InChI=1S/C21H13NO/c1-2-8-14(9-3-1)20-21-19(15-10-4-6-12-17(15)22-20)16-11-5-7-13-18(16)23-21/h1-13H/i1D,2D,3D,4D,5D,6D,7D,8D,10D,11D,12D,13D. The molecule has 0 saturated carbocycles. The van der Waals surface area contributed by atoms with E-state index in [1.165, 1.54) is 0 Å². The van der Waals surface area contributed by atoms with Crippen molar-refractivity contribution in [3.63, 3.8) is 0 Å². The molecule has 108 valence electrons. The summed E-state index contributed by atoms with van der Waals surface area (Å²) in [5.74, 6) is 0. The van der Waals surface area contributed by atoms with E-state index < -0.39 is 66.5 Å². The highest BCUT2D eigenvalue weighted by Gasteiger charge is 2.16. The van der Waals surface area contributed by atoms with Crippen molar-refractivity contribution in [2.24, 2.45) is 0 Å². The molecule has 5 aromatic rings. The Bertz CT molecular complexity index is 1780. The van der Waals surface area contributed by atoms with E-state index in [4.69, 9.17) is 20.9 Å². The molecule has 2 heteroatoms. The summed E-state index contributed by atoms with van der Waals surface area (Å²) >= 11 is 0. The Morgan fingerprint density at radius 3 is 2.52 bits per heavy atom. The van der Waals surface area contributed by atoms with Gasteiger partial charge >= 0.3 is 0 Å². The number of benzene rings is 3. The largest absolute Gasteiger partial charge is 0.454 e. The molecule has 5 rings (SSSR count). The molecule has 0 unspecified atom stereocenters. The van der Waals surface area contributed by atoms with Crippen molar-refractivity contribution in [1.82, 2.24) is 4.98 Å². The van der Waals surface area contributed by atoms with Gasteiger partial charge in [0.15, 0.2) is 5.58 Å². The number of para-hydroxylation sites is 2. The van der Waals surface area contributed by atoms with Gasteiger partial charge < -0.3 is 4.42 Å². The number of hydrogen-bond donors (Lipinski definition) is 0. The van der Waals surface area contributed by atoms with Gasteiger partial charge in [-0.2, -0.15) is 0 Å². The number of nitrogens with zero attached hydrogens (tertiary/aromatic N) is 1. The van der Waals surface area contributed by atoms with Crippen LogP contribution in [0.2, 0.25) is 0 Å². The summed E-state index contributed by atoms with van der Waals surface area (Å²) in [7, 11) is 0. The normalized spacial score (nSPS) is 18.8. The minimum Gasteiger partial charge on any atom is -0.454 e. The van der Waals surface area contributed by atoms with Crippen LogP contribution in [0.3, 0.4) is 0 Å². The Kier molecular flexibility index (Phi) is 1.12. The van der Waals surface area contributed by atoms with Gasteiger partial charge in [0.2, 0.25) is 0 Å². The zero-order chi connectivity index (χ0) is 25.7. The van der Waals surface area contributed by atoms with Gasteiger partial charge in [-0.25, -0.2) is 4.98 Å². The lowest BCUT2D eigenvalue weighted by Gasteiger charge is -2.05. The Hall–Kier alpha value is -3.13. The fourth-order valence-corrected chi connectivity index (χ4v) is 2.55. The average molecular weight is 307 g/mol. The first-order chi connectivity index (χ1) is 16.4. The van der Waals surface area contributed by atoms with Crippen molar-refractivity contribution < 1.29 is 20.9 Å². The Morgan fingerprint density at radius 2 is 1.57 bits per heavy atom. The zero-order valence-electron chi connectivity index (χ0n) is 23.4. The quantitative estimate of drug-likeness (QED) is 0.391. The lowest BCUT2D eigenvalue weighted by Crippen LogP contribution is -1.87. The molecule has 0 spiro atoms. The van der Waals surface area contributed by atoms with Gasteiger partial charge in [0.05, 0.1) is 22.0 Å². The molecule has 0 aliphatic heterocycles. The molecule has 0 N–H and O–H groups in total. The van der Waals surface area contributed by atoms with Crippen LogP contribution in [0.5, 0.6) is 0 Å². The van der Waals surface area contributed by atoms with Crippen molar-refractivity contribution >= 4 is 32.8 Å². The van der Waals surface area contributed by atoms with Gasteiger partial charge in [0, 0.05) is 21.7 Å². The Labute approximate surface area is 149 Å². The third kappa shape index (κ3) is 1.78. The number of furan rings is 1. The third-order valence-corrected chi connectivity index (χ3v) is 3.49. The molecule has 2 heterocycles. The molecule has 0 aliphatic carbocycles. The van der Waals surface area contributed by atoms with Gasteiger partial charge in [-0.15, -0.1) is 0 Å². The summed E-state index contributed by atoms with van der Waals surface area (Å²) in [6.45, 7) is 0. The molecular weight excluding hydrogens is 282 g/mol. The first kappa shape index (κ1) is 5.50. The summed E-state index contributed by atoms with van der Waals surface area (Å²) in [6.07, 6.45) is 0. The summed E-state index contributed by atoms with van der Waals surface area (Å²) in [6, 6.07) is -5.07. The maximum absolute atomic E-state index is 8.47. The molecule has 0 amide bonds. The number of aromatic nitrogens is 1. The topological polar surface area (TPSA) is 26.0 Å². The second-order valence-corrected chi connectivity index (χ2v) is 4.77. The molecule has 0 fully saturated rings. The van der Waals surface area contributed by atoms with Crippen LogP contribution in [-0.2, 0) is 0 Å². The van der Waals surface area contributed by atoms with Gasteiger partial charge in [0.25, 0.3) is 0 Å². The van der Waals surface area contributed by atoms with E-state index in [-0.39, 0.29) is 50.1 Å². The van der Waals surface area contributed by atoms with E-state index in [1.54, 1.807) is 0 Å². The average Bonchev–Trinajstić information content (AvgIpc) is 3.24. The molecule has 0 saturated heterocycles. The molecule has 2 aromatic heterocycles. The highest BCUT2D eigenvalue weighted by molar-refractivity contribution is 6.20. The monoisotopic (exact) mass is 307 g/mol. The van der Waals surface area contributed by atoms with Crippen LogP contribution in [-0.4, -0.2) is 4.98 Å². The second-order valence-electron chi connectivity index (χ2n) is 4.77. The maximum Gasteiger partial charge on any atom is 0.162 e. The summed E-state index contributed by atoms with van der Waals surface area (Å²) < 4.78 is 104. The van der Waals surface area contributed by atoms with Gasteiger partial charge in [0.1, 0.15) is 11.3 Å². The zero-order valence-corrected chi connectivity index (χ0v) is 11.4. The molecule has 0 bridgehead atoms. The van der Waals surface area contributed by atoms with E-state index in [1.807, 2.05) is 0 Å². The smallest absolute Gasteiger partial charge is 0.162 e. The third-order valence-electron chi connectivity index (χ3n) is 3.49. The van der Waals surface area contributed by atoms with Crippen LogP contribution in [0, 0.1) is 0 Å². The van der Waals surface area contributed by atoms with Crippen LogP contribution in [0.15, 0.2) is 83.0 Å². The first-order valence-electron chi connectivity index (χ1n) is 12.7. The highest BCUT2D eigenvalue weighted by Crippen LogP contribution is 2.38. The highest BCUT2D eigenvalue weighted by atomic mass is 16.3. The SMILES string of the molecule is [2H]c1cc(-c2nc3c([2H])c([2H])c([2H])c([2H])c3c3c2oc2c([2H])c([2H])c([2H])c([2H])c23)c([2H])c([2H])c1[2H]. The molecule has 0 radical (unpaired) electrons. The number of rotatable bonds is 1. The van der Waals surface area contributed by atoms with Crippen LogP contribution in [0.1, 0.15) is 16.4 Å². The maximum atomic E-state index is 8.47. The number of hydrogen-bond acceptors (Lipinski definition) is 2. The van der Waals surface area contributed by atoms with Crippen LogP contribution >= 0.6 is 0 Å². The fraction of sp³-hybridized carbons (Fsp3) is 0. The number of fused-ring (bicyclic) bond motifs is 5. The summed E-state index contributed by atoms with van der Waals surface area (Å²) in [4.78, 5) is 4.34. The van der Waals surface area contributed by atoms with E-state index in [0.717, 1.165) is 6.07 Å². The van der Waals surface area contributed by atoms with Gasteiger partial charge in [-0.1, -0.05) is 66.5 Å². The van der Waals surface area contributed by atoms with Crippen LogP contribution in [0.25, 0.3) is 44.1 Å². The molecular formula is C21H13NO. The summed E-state index contributed by atoms with van der Waals surface area (Å²) in [5.41, 5.74) is -0.993. The van der Waals surface area contributed by atoms with Crippen molar-refractivity contribution in [2.75, 3.05) is 0 Å². The van der Waals surface area contributed by atoms with Crippen molar-refractivity contribution in [3.05, 3.63) is 78.6 Å². The molecule has 2 nitrogen and oxygen atoms in total. The van der Waals surface area contributed by atoms with Gasteiger partial charge in [-0.3, -0.25) is 0 Å². The minimum absolute atomic E-state index is 0.0496. The van der Waals surface area contributed by atoms with Crippen LogP contribution < -0.4 is 0 Å². The lowest BCUT2D eigenvalue weighted by molar-refractivity contribution is 0.669. The lowest BCUT2D eigenvalue weighted by atomic mass is 10.0. The van der Waals surface area contributed by atoms with Crippen LogP contribution in [0.4, 0.5) is 0 Å². The van der Waals surface area contributed by atoms with Crippen molar-refractivity contribution in [2.45, 2.75) is 0 Å². The predicted molar refractivity (Wildman–Crippen MR) is 94.5 cm³/mol. The van der Waals surface area contributed by atoms with E-state index in [9.17, 15) is 0 Å². The molecule has 3 aromatic carbocycles.